The minimum absolute atomic E-state index is 0.0755. The van der Waals surface area contributed by atoms with Gasteiger partial charge >= 0.3 is 5.97 Å². The number of carbonyl (C=O) groups is 1. The number of nitrogens with zero attached hydrogens (tertiary/aromatic N) is 2. The summed E-state index contributed by atoms with van der Waals surface area (Å²) in [5, 5.41) is 13.6. The van der Waals surface area contributed by atoms with Crippen LogP contribution in [-0.2, 0) is 4.79 Å². The van der Waals surface area contributed by atoms with Crippen molar-refractivity contribution in [1.29, 1.82) is 0 Å². The van der Waals surface area contributed by atoms with Gasteiger partial charge in [-0.3, -0.25) is 4.79 Å². The molecule has 0 spiro atoms. The van der Waals surface area contributed by atoms with Crippen molar-refractivity contribution in [3.05, 3.63) is 60.0 Å². The second-order valence-corrected chi connectivity index (χ2v) is 10.0. The number of halogens is 3. The molecule has 0 amide bonds. The molecule has 7 nitrogen and oxygen atoms in total. The number of fused-ring (bicyclic) bond motifs is 4. The number of carboxylic acids is 1. The van der Waals surface area contributed by atoms with E-state index in [1.165, 1.54) is 31.5 Å². The number of carboxylic acid groups (broad SMARTS) is 1. The lowest BCUT2D eigenvalue weighted by atomic mass is 9.61. The largest absolute Gasteiger partial charge is 0.494 e. The molecule has 4 aromatic rings. The number of anilines is 1. The number of aliphatic carboxylic acids is 1. The molecule has 3 N–H and O–H groups in total. The van der Waals surface area contributed by atoms with Gasteiger partial charge in [-0.05, 0) is 61.8 Å². The van der Waals surface area contributed by atoms with Crippen LogP contribution in [0.1, 0.15) is 25.7 Å². The number of hydrogen-bond donors (Lipinski definition) is 3. The Morgan fingerprint density at radius 3 is 2.50 bits per heavy atom. The minimum Gasteiger partial charge on any atom is -0.494 e. The lowest BCUT2D eigenvalue weighted by Crippen LogP contribution is -2.51. The summed E-state index contributed by atoms with van der Waals surface area (Å²) < 4.78 is 48.1. The lowest BCUT2D eigenvalue weighted by Gasteiger charge is -2.47. The van der Waals surface area contributed by atoms with Crippen molar-refractivity contribution in [3.8, 4) is 28.4 Å². The predicted molar refractivity (Wildman–Crippen MR) is 135 cm³/mol. The highest BCUT2D eigenvalue weighted by atomic mass is 19.1. The molecule has 0 aliphatic heterocycles. The normalized spacial score (nSPS) is 22.5. The SMILES string of the molecule is COc1ccc(-c2cc(NC3C4CCC(CC4)[C@H]3C(=O)O)nc(-c3c[nH]c4c(F)cc(F)cc34)n2)cc1F. The fraction of sp³-hybridized carbons (Fsp3) is 0.321. The molecule has 3 saturated carbocycles. The topological polar surface area (TPSA) is 100 Å². The monoisotopic (exact) mass is 522 g/mol. The quantitative estimate of drug-likeness (QED) is 0.286. The molecule has 3 aliphatic rings. The molecule has 10 heteroatoms. The second kappa shape index (κ2) is 9.34. The van der Waals surface area contributed by atoms with Gasteiger partial charge in [-0.1, -0.05) is 0 Å². The average Bonchev–Trinajstić information content (AvgIpc) is 3.33. The van der Waals surface area contributed by atoms with Crippen LogP contribution in [0.3, 0.4) is 0 Å². The van der Waals surface area contributed by atoms with Crippen LogP contribution in [0.5, 0.6) is 5.75 Å². The van der Waals surface area contributed by atoms with E-state index in [1.54, 1.807) is 12.1 Å². The van der Waals surface area contributed by atoms with Gasteiger partial charge in [0.1, 0.15) is 17.5 Å². The van der Waals surface area contributed by atoms with Crippen LogP contribution in [0.15, 0.2) is 42.6 Å². The summed E-state index contributed by atoms with van der Waals surface area (Å²) in [7, 11) is 1.37. The molecule has 7 rings (SSSR count). The van der Waals surface area contributed by atoms with Gasteiger partial charge in [-0.25, -0.2) is 23.1 Å². The molecular weight excluding hydrogens is 497 g/mol. The zero-order valence-electron chi connectivity index (χ0n) is 20.5. The number of hydrogen-bond acceptors (Lipinski definition) is 5. The molecule has 2 heterocycles. The molecule has 196 valence electrons. The third-order valence-electron chi connectivity index (χ3n) is 7.94. The Kier molecular flexibility index (Phi) is 5.97. The summed E-state index contributed by atoms with van der Waals surface area (Å²) in [5.41, 5.74) is 1.26. The van der Waals surface area contributed by atoms with Crippen LogP contribution in [0, 0.1) is 35.2 Å². The summed E-state index contributed by atoms with van der Waals surface area (Å²) in [6, 6.07) is 7.71. The Balaban J connectivity index is 1.48. The molecule has 2 bridgehead atoms. The number of nitrogens with one attached hydrogen (secondary N) is 2. The van der Waals surface area contributed by atoms with E-state index in [1.807, 2.05) is 0 Å². The van der Waals surface area contributed by atoms with E-state index < -0.39 is 29.3 Å². The molecule has 1 unspecified atom stereocenters. The van der Waals surface area contributed by atoms with E-state index >= 15 is 0 Å². The van der Waals surface area contributed by atoms with Crippen LogP contribution in [-0.4, -0.2) is 39.2 Å². The third-order valence-corrected chi connectivity index (χ3v) is 7.94. The van der Waals surface area contributed by atoms with E-state index in [0.717, 1.165) is 31.7 Å². The molecule has 0 saturated heterocycles. The standard InChI is InChI=1S/C28H25F3N4O3/c1-38-22-7-6-15(8-19(22)30)21-11-23(34-25-14-4-2-13(3-5-14)24(25)28(36)37)35-27(33-21)18-12-32-26-17(18)9-16(29)10-20(26)31/h6-14,24-25,32H,2-5H2,1H3,(H,36,37)(H,33,34,35)/t13?,14?,24-,25?/m1/s1. The van der Waals surface area contributed by atoms with Crippen molar-refractivity contribution >= 4 is 22.7 Å². The van der Waals surface area contributed by atoms with E-state index in [9.17, 15) is 23.1 Å². The van der Waals surface area contributed by atoms with Gasteiger partial charge in [-0.15, -0.1) is 0 Å². The zero-order chi connectivity index (χ0) is 26.6. The average molecular weight is 523 g/mol. The highest BCUT2D eigenvalue weighted by Gasteiger charge is 2.47. The molecule has 2 atom stereocenters. The Morgan fingerprint density at radius 1 is 1.03 bits per heavy atom. The lowest BCUT2D eigenvalue weighted by molar-refractivity contribution is -0.148. The number of aromatic amines is 1. The van der Waals surface area contributed by atoms with E-state index in [0.29, 0.717) is 22.6 Å². The van der Waals surface area contributed by atoms with Gasteiger partial charge in [-0.2, -0.15) is 0 Å². The number of methoxy groups -OCH3 is 1. The van der Waals surface area contributed by atoms with Crippen LogP contribution in [0.2, 0.25) is 0 Å². The van der Waals surface area contributed by atoms with Crippen molar-refractivity contribution < 1.29 is 27.8 Å². The zero-order valence-corrected chi connectivity index (χ0v) is 20.5. The Labute approximate surface area is 216 Å². The first-order valence-corrected chi connectivity index (χ1v) is 12.5. The molecule has 0 radical (unpaired) electrons. The molecule has 2 aromatic heterocycles. The van der Waals surface area contributed by atoms with Crippen LogP contribution >= 0.6 is 0 Å². The summed E-state index contributed by atoms with van der Waals surface area (Å²) in [4.78, 5) is 24.3. The Hall–Kier alpha value is -4.08. The summed E-state index contributed by atoms with van der Waals surface area (Å²) >= 11 is 0. The summed E-state index contributed by atoms with van der Waals surface area (Å²) in [5.74, 6) is -2.61. The fourth-order valence-corrected chi connectivity index (χ4v) is 6.14. The first kappa shape index (κ1) is 24.3. The number of ether oxygens (including phenoxy) is 1. The maximum absolute atomic E-state index is 14.6. The van der Waals surface area contributed by atoms with Crippen LogP contribution in [0.25, 0.3) is 33.5 Å². The van der Waals surface area contributed by atoms with Gasteiger partial charge < -0.3 is 20.1 Å². The van der Waals surface area contributed by atoms with E-state index in [-0.39, 0.29) is 40.4 Å². The number of aromatic nitrogens is 3. The summed E-state index contributed by atoms with van der Waals surface area (Å²) in [6.45, 7) is 0. The van der Waals surface area contributed by atoms with Crippen molar-refractivity contribution in [2.45, 2.75) is 31.7 Å². The third kappa shape index (κ3) is 4.13. The highest BCUT2D eigenvalue weighted by Crippen LogP contribution is 2.46. The minimum atomic E-state index is -0.841. The molecular formula is C28H25F3N4O3. The molecule has 2 aromatic carbocycles. The van der Waals surface area contributed by atoms with Crippen molar-refractivity contribution in [2.75, 3.05) is 12.4 Å². The fourth-order valence-electron chi connectivity index (χ4n) is 6.14. The Morgan fingerprint density at radius 2 is 1.79 bits per heavy atom. The molecule has 38 heavy (non-hydrogen) atoms. The highest BCUT2D eigenvalue weighted by molar-refractivity contribution is 5.94. The molecule has 3 fully saturated rings. The number of H-pyrrole nitrogens is 1. The Bertz CT molecular complexity index is 1550. The first-order valence-electron chi connectivity index (χ1n) is 12.5. The van der Waals surface area contributed by atoms with Gasteiger partial charge in [0, 0.05) is 40.9 Å². The summed E-state index contributed by atoms with van der Waals surface area (Å²) in [6.07, 6.45) is 5.13. The first-order chi connectivity index (χ1) is 18.3. The van der Waals surface area contributed by atoms with Gasteiger partial charge in [0.05, 0.1) is 24.2 Å². The number of rotatable bonds is 6. The van der Waals surface area contributed by atoms with E-state index in [2.05, 4.69) is 20.3 Å². The predicted octanol–water partition coefficient (Wildman–Crippen LogP) is 6.02. The van der Waals surface area contributed by atoms with Crippen LogP contribution in [0.4, 0.5) is 19.0 Å². The van der Waals surface area contributed by atoms with Gasteiger partial charge in [0.2, 0.25) is 0 Å². The smallest absolute Gasteiger partial charge is 0.308 e. The van der Waals surface area contributed by atoms with E-state index in [4.69, 9.17) is 4.74 Å². The van der Waals surface area contributed by atoms with Crippen molar-refractivity contribution in [1.82, 2.24) is 15.0 Å². The van der Waals surface area contributed by atoms with Gasteiger partial charge in [0.25, 0.3) is 0 Å². The van der Waals surface area contributed by atoms with Gasteiger partial charge in [0.15, 0.2) is 17.4 Å². The molecule has 3 aliphatic carbocycles. The number of benzene rings is 2. The van der Waals surface area contributed by atoms with Crippen molar-refractivity contribution in [2.24, 2.45) is 17.8 Å². The second-order valence-electron chi connectivity index (χ2n) is 10.0. The maximum atomic E-state index is 14.6. The van der Waals surface area contributed by atoms with Crippen LogP contribution < -0.4 is 10.1 Å². The maximum Gasteiger partial charge on any atom is 0.308 e. The van der Waals surface area contributed by atoms with Crippen molar-refractivity contribution in [3.63, 3.8) is 0 Å².